The van der Waals surface area contributed by atoms with Crippen molar-refractivity contribution in [1.29, 1.82) is 5.41 Å². The number of rotatable bonds is 13. The molecule has 12 heteroatoms. The molecule has 0 saturated carbocycles. The highest BCUT2D eigenvalue weighted by Gasteiger charge is 2.26. The summed E-state index contributed by atoms with van der Waals surface area (Å²) in [6.45, 7) is 0. The summed E-state index contributed by atoms with van der Waals surface area (Å²) in [5, 5.41) is 10.9. The maximum absolute atomic E-state index is 14.2. The Hall–Kier alpha value is -7.60. The smallest absolute Gasteiger partial charge is 0.361 e. The maximum Gasteiger partial charge on any atom is 0.361 e. The van der Waals surface area contributed by atoms with E-state index in [0.29, 0.717) is 45.3 Å². The van der Waals surface area contributed by atoms with Gasteiger partial charge in [-0.3, -0.25) is 10.2 Å². The Kier molecular flexibility index (Phi) is 10.4. The summed E-state index contributed by atoms with van der Waals surface area (Å²) in [5.41, 5.74) is 3.15. The van der Waals surface area contributed by atoms with Gasteiger partial charge in [0.2, 0.25) is 0 Å². The molecule has 1 N–H and O–H groups in total. The molecule has 12 nitrogen and oxygen atoms in total. The van der Waals surface area contributed by atoms with Crippen LogP contribution >= 0.6 is 0 Å². The summed E-state index contributed by atoms with van der Waals surface area (Å²) >= 11 is 0. The number of carbonyl (C=O) groups excluding carboxylic acids is 2. The van der Waals surface area contributed by atoms with E-state index < -0.39 is 17.6 Å². The summed E-state index contributed by atoms with van der Waals surface area (Å²) in [6, 6.07) is 32.6. The van der Waals surface area contributed by atoms with Crippen LogP contribution in [0.1, 0.15) is 17.5 Å². The minimum atomic E-state index is -0.820. The molecule has 0 radical (unpaired) electrons. The van der Waals surface area contributed by atoms with Crippen LogP contribution in [0, 0.1) is 5.41 Å². The topological polar surface area (TPSA) is 148 Å². The molecule has 0 bridgehead atoms. The fourth-order valence-electron chi connectivity index (χ4n) is 7.35. The summed E-state index contributed by atoms with van der Waals surface area (Å²) in [4.78, 5) is 40.4. The van der Waals surface area contributed by atoms with Crippen molar-refractivity contribution in [1.82, 2.24) is 4.40 Å². The van der Waals surface area contributed by atoms with E-state index in [1.807, 2.05) is 78.9 Å². The third kappa shape index (κ3) is 7.27. The molecule has 0 saturated heterocycles. The predicted molar refractivity (Wildman–Crippen MR) is 224 cm³/mol. The van der Waals surface area contributed by atoms with Gasteiger partial charge in [0.25, 0.3) is 0 Å². The highest BCUT2D eigenvalue weighted by Crippen LogP contribution is 2.46. The predicted octanol–water partition coefficient (Wildman–Crippen LogP) is 8.76. The zero-order valence-corrected chi connectivity index (χ0v) is 32.6. The van der Waals surface area contributed by atoms with Gasteiger partial charge < -0.3 is 37.2 Å². The summed E-state index contributed by atoms with van der Waals surface area (Å²) in [7, 11) is 6.02. The molecule has 0 atom stereocenters. The molecular weight excluding hydrogens is 753 g/mol. The third-order valence-corrected chi connectivity index (χ3v) is 10.2. The highest BCUT2D eigenvalue weighted by atomic mass is 16.6. The van der Waals surface area contributed by atoms with Crippen molar-refractivity contribution in [2.75, 3.05) is 28.4 Å². The lowest BCUT2D eigenvalue weighted by molar-refractivity contribution is -0.134. The summed E-state index contributed by atoms with van der Waals surface area (Å²) < 4.78 is 42.1. The molecule has 3 heterocycles. The van der Waals surface area contributed by atoms with Gasteiger partial charge >= 0.3 is 17.6 Å². The van der Waals surface area contributed by atoms with Crippen LogP contribution in [-0.4, -0.2) is 50.5 Å². The van der Waals surface area contributed by atoms with Gasteiger partial charge in [0, 0.05) is 46.8 Å². The van der Waals surface area contributed by atoms with Crippen LogP contribution in [0.25, 0.3) is 49.3 Å². The Bertz CT molecular complexity index is 2990. The zero-order valence-electron chi connectivity index (χ0n) is 32.6. The normalized spacial score (nSPS) is 11.2. The molecule has 0 aliphatic carbocycles. The quantitative estimate of drug-likeness (QED) is 0.0520. The van der Waals surface area contributed by atoms with Gasteiger partial charge in [0.05, 0.1) is 34.0 Å². The molecule has 59 heavy (non-hydrogen) atoms. The van der Waals surface area contributed by atoms with Crippen molar-refractivity contribution < 1.29 is 42.4 Å². The van der Waals surface area contributed by atoms with E-state index in [1.165, 1.54) is 20.3 Å². The van der Waals surface area contributed by atoms with Gasteiger partial charge in [-0.05, 0) is 64.9 Å². The Morgan fingerprint density at radius 3 is 1.97 bits per heavy atom. The molecule has 0 aliphatic heterocycles. The standard InChI is InChI=1S/C47H38N2O10/c1-53-36-23-30(16-17-34(36)58-46(51)33(48)21-28-13-9-6-10-14-28)42-43-32-25-39(56-4)40(57-41(50)18-15-27-11-7-5-8-12-27)26-35(32)59-47(52)45(43)49-20-19-29-22-37(54-2)38(55-3)24-31(29)44(42)49/h5-14,16-17,19-20,22-26,48H,15,18,21H2,1-4H3. The van der Waals surface area contributed by atoms with Gasteiger partial charge in [-0.1, -0.05) is 66.7 Å². The van der Waals surface area contributed by atoms with Crippen molar-refractivity contribution in [3.8, 4) is 45.6 Å². The van der Waals surface area contributed by atoms with Gasteiger partial charge in [0.1, 0.15) is 16.8 Å². The monoisotopic (exact) mass is 790 g/mol. The molecule has 0 unspecified atom stereocenters. The van der Waals surface area contributed by atoms with E-state index in [9.17, 15) is 14.4 Å². The number of aromatic nitrogens is 1. The summed E-state index contributed by atoms with van der Waals surface area (Å²) in [5.74, 6) is 0.350. The van der Waals surface area contributed by atoms with Gasteiger partial charge in [-0.25, -0.2) is 9.59 Å². The molecule has 8 rings (SSSR count). The van der Waals surface area contributed by atoms with Crippen molar-refractivity contribution >= 4 is 55.8 Å². The van der Waals surface area contributed by atoms with E-state index in [0.717, 1.165) is 21.9 Å². The first-order chi connectivity index (χ1) is 28.7. The van der Waals surface area contributed by atoms with Crippen LogP contribution in [0.5, 0.6) is 34.5 Å². The number of ether oxygens (including phenoxy) is 6. The number of benzene rings is 5. The fraction of sp³-hybridized carbons (Fsp3) is 0.149. The Morgan fingerprint density at radius 1 is 0.644 bits per heavy atom. The third-order valence-electron chi connectivity index (χ3n) is 10.2. The highest BCUT2D eigenvalue weighted by molar-refractivity contribution is 6.36. The first-order valence-electron chi connectivity index (χ1n) is 18.6. The average molecular weight is 791 g/mol. The van der Waals surface area contributed by atoms with Crippen LogP contribution in [0.3, 0.4) is 0 Å². The molecule has 5 aromatic carbocycles. The van der Waals surface area contributed by atoms with Crippen molar-refractivity contribution in [3.63, 3.8) is 0 Å². The van der Waals surface area contributed by atoms with E-state index in [4.69, 9.17) is 38.2 Å². The van der Waals surface area contributed by atoms with Crippen LogP contribution in [0.2, 0.25) is 0 Å². The number of hydrogen-bond donors (Lipinski definition) is 1. The first-order valence-corrected chi connectivity index (χ1v) is 18.6. The van der Waals surface area contributed by atoms with Gasteiger partial charge in [-0.2, -0.15) is 0 Å². The molecule has 296 valence electrons. The fourth-order valence-corrected chi connectivity index (χ4v) is 7.35. The number of carbonyl (C=O) groups is 2. The Balaban J connectivity index is 1.30. The number of nitrogens with one attached hydrogen (secondary N) is 1. The second kappa shape index (κ2) is 16.1. The number of esters is 2. The lowest BCUT2D eigenvalue weighted by Gasteiger charge is -2.14. The minimum absolute atomic E-state index is 0.0951. The molecule has 3 aromatic heterocycles. The number of aryl methyl sites for hydroxylation is 1. The number of pyridine rings is 1. The van der Waals surface area contributed by atoms with Gasteiger partial charge in [0.15, 0.2) is 34.5 Å². The van der Waals surface area contributed by atoms with E-state index in [-0.39, 0.29) is 52.7 Å². The lowest BCUT2D eigenvalue weighted by atomic mass is 9.97. The lowest BCUT2D eigenvalue weighted by Crippen LogP contribution is -2.21. The van der Waals surface area contributed by atoms with Gasteiger partial charge in [-0.15, -0.1) is 0 Å². The van der Waals surface area contributed by atoms with Crippen molar-refractivity contribution in [3.05, 3.63) is 137 Å². The first kappa shape index (κ1) is 38.3. The second-order valence-electron chi connectivity index (χ2n) is 13.7. The maximum atomic E-state index is 14.2. The molecule has 8 aromatic rings. The summed E-state index contributed by atoms with van der Waals surface area (Å²) in [6.07, 6.45) is 2.47. The van der Waals surface area contributed by atoms with Crippen LogP contribution in [0.15, 0.2) is 125 Å². The Labute approximate surface area is 337 Å². The SMILES string of the molecule is COc1cc2ccn3c(c(-c4ccc(OC(=O)C(=N)Cc5ccccc5)c(OC)c4)c4c5cc(OC)c(OC(=O)CCc6ccccc6)cc5oc(=O)c43)c2cc1OC. The Morgan fingerprint density at radius 2 is 1.27 bits per heavy atom. The number of hydrogen-bond acceptors (Lipinski definition) is 11. The second-order valence-corrected chi connectivity index (χ2v) is 13.7. The number of nitrogens with zero attached hydrogens (tertiary/aromatic N) is 1. The van der Waals surface area contributed by atoms with E-state index >= 15 is 0 Å². The molecule has 0 amide bonds. The minimum Gasteiger partial charge on any atom is -0.493 e. The molecule has 0 spiro atoms. The van der Waals surface area contributed by atoms with Crippen LogP contribution in [0.4, 0.5) is 0 Å². The van der Waals surface area contributed by atoms with Crippen molar-refractivity contribution in [2.24, 2.45) is 0 Å². The average Bonchev–Trinajstić information content (AvgIpc) is 3.62. The van der Waals surface area contributed by atoms with E-state index in [2.05, 4.69) is 0 Å². The number of fused-ring (bicyclic) bond motifs is 7. The molecular formula is C47H38N2O10. The largest absolute Gasteiger partial charge is 0.493 e. The van der Waals surface area contributed by atoms with Crippen molar-refractivity contribution in [2.45, 2.75) is 19.3 Å². The zero-order chi connectivity index (χ0) is 41.2. The molecule has 0 fully saturated rings. The molecule has 0 aliphatic rings. The van der Waals surface area contributed by atoms with Crippen LogP contribution < -0.4 is 34.0 Å². The number of methoxy groups -OCH3 is 4. The van der Waals surface area contributed by atoms with E-state index in [1.54, 1.807) is 49.1 Å². The van der Waals surface area contributed by atoms with Crippen LogP contribution in [-0.2, 0) is 22.4 Å².